The maximum absolute atomic E-state index is 13.2. The topological polar surface area (TPSA) is 40.5 Å². The summed E-state index contributed by atoms with van der Waals surface area (Å²) < 4.78 is 38.0. The van der Waals surface area contributed by atoms with Crippen LogP contribution in [0.5, 0.6) is 0 Å². The van der Waals surface area contributed by atoms with Gasteiger partial charge < -0.3 is 10.0 Å². The van der Waals surface area contributed by atoms with E-state index in [1.165, 1.54) is 12.1 Å². The van der Waals surface area contributed by atoms with E-state index < -0.39 is 31.3 Å². The third kappa shape index (κ3) is 3.99. The zero-order valence-electron chi connectivity index (χ0n) is 9.25. The first kappa shape index (κ1) is 15.0. The Balaban J connectivity index is 2.90. The van der Waals surface area contributed by atoms with E-state index in [4.69, 9.17) is 5.11 Å². The fraction of sp³-hybridized carbons (Fsp3) is 0.364. The van der Waals surface area contributed by atoms with Crippen molar-refractivity contribution < 1.29 is 23.1 Å². The summed E-state index contributed by atoms with van der Waals surface area (Å²) >= 11 is 2.93. The molecule has 1 N–H and O–H groups in total. The summed E-state index contributed by atoms with van der Waals surface area (Å²) in [5, 5.41) is 8.72. The molecule has 1 amide bonds. The van der Waals surface area contributed by atoms with E-state index >= 15 is 0 Å². The number of nitrogens with zero attached hydrogens (tertiary/aromatic N) is 1. The van der Waals surface area contributed by atoms with E-state index in [9.17, 15) is 18.0 Å². The molecule has 0 saturated carbocycles. The Bertz CT molecular complexity index is 429. The first-order chi connectivity index (χ1) is 8.45. The van der Waals surface area contributed by atoms with Gasteiger partial charge in [0.1, 0.15) is 5.82 Å². The molecule has 0 radical (unpaired) electrons. The van der Waals surface area contributed by atoms with Gasteiger partial charge in [0.2, 0.25) is 0 Å². The van der Waals surface area contributed by atoms with Crippen LogP contribution < -0.4 is 0 Å². The Labute approximate surface area is 110 Å². The number of rotatable bonds is 5. The maximum Gasteiger partial charge on any atom is 0.255 e. The molecular formula is C11H11BrF3NO2. The molecule has 0 fully saturated rings. The first-order valence-electron chi connectivity index (χ1n) is 5.09. The van der Waals surface area contributed by atoms with Gasteiger partial charge >= 0.3 is 0 Å². The number of carbonyl (C=O) groups excluding carboxylic acids is 1. The van der Waals surface area contributed by atoms with Gasteiger partial charge in [-0.1, -0.05) is 0 Å². The molecule has 0 bridgehead atoms. The first-order valence-corrected chi connectivity index (χ1v) is 5.88. The quantitative estimate of drug-likeness (QED) is 0.902. The number of hydrogen-bond donors (Lipinski definition) is 1. The summed E-state index contributed by atoms with van der Waals surface area (Å²) in [5.41, 5.74) is -0.0372. The van der Waals surface area contributed by atoms with Crippen molar-refractivity contribution in [3.8, 4) is 0 Å². The number of aliphatic hydroxyl groups is 1. The summed E-state index contributed by atoms with van der Waals surface area (Å²) in [6, 6.07) is 3.61. The van der Waals surface area contributed by atoms with Crippen LogP contribution >= 0.6 is 15.9 Å². The maximum atomic E-state index is 13.2. The molecule has 18 heavy (non-hydrogen) atoms. The zero-order valence-corrected chi connectivity index (χ0v) is 10.8. The third-order valence-corrected chi connectivity index (χ3v) is 2.83. The smallest absolute Gasteiger partial charge is 0.255 e. The summed E-state index contributed by atoms with van der Waals surface area (Å²) in [6.07, 6.45) is -2.71. The van der Waals surface area contributed by atoms with Crippen LogP contribution in [0.4, 0.5) is 13.2 Å². The molecule has 7 heteroatoms. The average molecular weight is 326 g/mol. The fourth-order valence-corrected chi connectivity index (χ4v) is 1.62. The second kappa shape index (κ2) is 6.75. The lowest BCUT2D eigenvalue weighted by atomic mass is 10.2. The molecule has 3 nitrogen and oxygen atoms in total. The molecule has 0 aliphatic carbocycles. The SMILES string of the molecule is O=C(c1ccc(Br)c(F)c1)N(CCO)CC(F)F. The molecule has 0 aliphatic rings. The van der Waals surface area contributed by atoms with Crippen molar-refractivity contribution in [3.63, 3.8) is 0 Å². The lowest BCUT2D eigenvalue weighted by Crippen LogP contribution is -2.37. The summed E-state index contributed by atoms with van der Waals surface area (Å²) in [7, 11) is 0. The molecule has 1 aromatic rings. The van der Waals surface area contributed by atoms with Gasteiger partial charge in [-0.2, -0.15) is 0 Å². The second-order valence-electron chi connectivity index (χ2n) is 3.49. The molecule has 0 unspecified atom stereocenters. The van der Waals surface area contributed by atoms with Crippen molar-refractivity contribution in [3.05, 3.63) is 34.1 Å². The van der Waals surface area contributed by atoms with Crippen molar-refractivity contribution in [2.24, 2.45) is 0 Å². The van der Waals surface area contributed by atoms with E-state index in [1.807, 2.05) is 0 Å². The molecule has 0 atom stereocenters. The normalized spacial score (nSPS) is 10.8. The zero-order chi connectivity index (χ0) is 13.7. The number of amides is 1. The fourth-order valence-electron chi connectivity index (χ4n) is 1.37. The van der Waals surface area contributed by atoms with E-state index in [-0.39, 0.29) is 16.6 Å². The van der Waals surface area contributed by atoms with Crippen LogP contribution in [0.25, 0.3) is 0 Å². The van der Waals surface area contributed by atoms with E-state index in [2.05, 4.69) is 15.9 Å². The van der Waals surface area contributed by atoms with Gasteiger partial charge in [0.25, 0.3) is 12.3 Å². The van der Waals surface area contributed by atoms with Crippen molar-refractivity contribution in [1.82, 2.24) is 4.90 Å². The standard InChI is InChI=1S/C11H11BrF3NO2/c12-8-2-1-7(5-9(8)13)11(18)16(3-4-17)6-10(14)15/h1-2,5,10,17H,3-4,6H2. The van der Waals surface area contributed by atoms with E-state index in [0.717, 1.165) is 11.0 Å². The highest BCUT2D eigenvalue weighted by molar-refractivity contribution is 9.10. The number of carbonyl (C=O) groups is 1. The van der Waals surface area contributed by atoms with Crippen LogP contribution in [0, 0.1) is 5.82 Å². The van der Waals surface area contributed by atoms with Crippen molar-refractivity contribution in [2.45, 2.75) is 6.43 Å². The molecule has 0 saturated heterocycles. The van der Waals surface area contributed by atoms with Crippen molar-refractivity contribution in [2.75, 3.05) is 19.7 Å². The van der Waals surface area contributed by atoms with Gasteiger partial charge in [0.05, 0.1) is 17.6 Å². The minimum atomic E-state index is -2.71. The number of alkyl halides is 2. The predicted molar refractivity (Wildman–Crippen MR) is 63.1 cm³/mol. The van der Waals surface area contributed by atoms with Gasteiger partial charge in [-0.05, 0) is 34.1 Å². The van der Waals surface area contributed by atoms with Crippen molar-refractivity contribution in [1.29, 1.82) is 0 Å². The minimum Gasteiger partial charge on any atom is -0.395 e. The number of hydrogen-bond acceptors (Lipinski definition) is 2. The highest BCUT2D eigenvalue weighted by Gasteiger charge is 2.20. The van der Waals surface area contributed by atoms with Crippen LogP contribution in [0.3, 0.4) is 0 Å². The van der Waals surface area contributed by atoms with Gasteiger partial charge in [-0.25, -0.2) is 13.2 Å². The lowest BCUT2D eigenvalue weighted by molar-refractivity contribution is 0.0509. The Hall–Kier alpha value is -1.08. The van der Waals surface area contributed by atoms with Crippen LogP contribution in [-0.4, -0.2) is 42.0 Å². The predicted octanol–water partition coefficient (Wildman–Crippen LogP) is 2.29. The second-order valence-corrected chi connectivity index (χ2v) is 4.35. The van der Waals surface area contributed by atoms with Gasteiger partial charge in [0.15, 0.2) is 0 Å². The summed E-state index contributed by atoms with van der Waals surface area (Å²) in [4.78, 5) is 12.6. The molecule has 100 valence electrons. The molecule has 0 aromatic heterocycles. The van der Waals surface area contributed by atoms with E-state index in [0.29, 0.717) is 0 Å². The lowest BCUT2D eigenvalue weighted by Gasteiger charge is -2.21. The third-order valence-electron chi connectivity index (χ3n) is 2.18. The highest BCUT2D eigenvalue weighted by atomic mass is 79.9. The monoisotopic (exact) mass is 325 g/mol. The molecule has 1 aromatic carbocycles. The molecular weight excluding hydrogens is 315 g/mol. The van der Waals surface area contributed by atoms with Crippen LogP contribution in [0.1, 0.15) is 10.4 Å². The Morgan fingerprint density at radius 3 is 2.61 bits per heavy atom. The molecule has 0 aliphatic heterocycles. The number of halogens is 4. The highest BCUT2D eigenvalue weighted by Crippen LogP contribution is 2.17. The van der Waals surface area contributed by atoms with Gasteiger partial charge in [-0.3, -0.25) is 4.79 Å². The van der Waals surface area contributed by atoms with E-state index in [1.54, 1.807) is 0 Å². The average Bonchev–Trinajstić information content (AvgIpc) is 2.31. The molecule has 0 heterocycles. The Morgan fingerprint density at radius 2 is 2.11 bits per heavy atom. The number of aliphatic hydroxyl groups excluding tert-OH is 1. The van der Waals surface area contributed by atoms with Crippen LogP contribution in [0.2, 0.25) is 0 Å². The summed E-state index contributed by atoms with van der Waals surface area (Å²) in [5.74, 6) is -1.39. The van der Waals surface area contributed by atoms with Crippen LogP contribution in [0.15, 0.2) is 22.7 Å². The van der Waals surface area contributed by atoms with Gasteiger partial charge in [-0.15, -0.1) is 0 Å². The number of benzene rings is 1. The Morgan fingerprint density at radius 1 is 1.44 bits per heavy atom. The van der Waals surface area contributed by atoms with Crippen LogP contribution in [-0.2, 0) is 0 Å². The summed E-state index contributed by atoms with van der Waals surface area (Å²) in [6.45, 7) is -1.45. The van der Waals surface area contributed by atoms with Gasteiger partial charge in [0, 0.05) is 12.1 Å². The molecule has 0 spiro atoms. The van der Waals surface area contributed by atoms with Crippen molar-refractivity contribution >= 4 is 21.8 Å². The Kier molecular flexibility index (Phi) is 5.61. The molecule has 1 rings (SSSR count). The minimum absolute atomic E-state index is 0.0372. The largest absolute Gasteiger partial charge is 0.395 e.